The zero-order chi connectivity index (χ0) is 30.6. The van der Waals surface area contributed by atoms with Gasteiger partial charge in [0.2, 0.25) is 0 Å². The largest absolute Gasteiger partial charge is 0.455 e. The number of hydrogen-bond acceptors (Lipinski definition) is 7. The average molecular weight is 597 g/mol. The predicted molar refractivity (Wildman–Crippen MR) is 168 cm³/mol. The third kappa shape index (κ3) is 16.2. The van der Waals surface area contributed by atoms with Crippen molar-refractivity contribution in [1.29, 1.82) is 0 Å². The van der Waals surface area contributed by atoms with Crippen LogP contribution in [0.2, 0.25) is 0 Å². The number of hydrogen-bond donors (Lipinski definition) is 4. The van der Waals surface area contributed by atoms with Gasteiger partial charge in [0, 0.05) is 12.0 Å². The summed E-state index contributed by atoms with van der Waals surface area (Å²) in [4.78, 5) is 11.7. The van der Waals surface area contributed by atoms with Gasteiger partial charge >= 0.3 is 5.97 Å². The molecule has 0 radical (unpaired) electrons. The normalized spacial score (nSPS) is 23.5. The van der Waals surface area contributed by atoms with E-state index in [1.807, 2.05) is 6.92 Å². The zero-order valence-corrected chi connectivity index (χ0v) is 26.9. The Labute approximate surface area is 256 Å². The lowest BCUT2D eigenvalue weighted by atomic mass is 9.98. The second kappa shape index (κ2) is 22.5. The van der Waals surface area contributed by atoms with Gasteiger partial charge in [0.05, 0.1) is 36.6 Å². The first-order valence-corrected chi connectivity index (χ1v) is 17.6. The van der Waals surface area contributed by atoms with Gasteiger partial charge in [-0.25, -0.2) is 4.79 Å². The maximum absolute atomic E-state index is 11.7. The van der Waals surface area contributed by atoms with Gasteiger partial charge in [-0.15, -0.1) is 0 Å². The highest BCUT2D eigenvalue weighted by atomic mass is 16.5. The van der Waals surface area contributed by atoms with Crippen LogP contribution in [0.15, 0.2) is 11.6 Å². The van der Waals surface area contributed by atoms with E-state index in [0.717, 1.165) is 77.0 Å². The second-order valence-corrected chi connectivity index (χ2v) is 13.1. The molecular formula is C35H64O7. The topological polar surface area (TPSA) is 116 Å². The number of aliphatic hydroxyl groups excluding tert-OH is 4. The number of rotatable bonds is 26. The van der Waals surface area contributed by atoms with Gasteiger partial charge in [0.25, 0.3) is 0 Å². The van der Waals surface area contributed by atoms with E-state index >= 15 is 0 Å². The van der Waals surface area contributed by atoms with Gasteiger partial charge < -0.3 is 29.9 Å². The Hall–Kier alpha value is -0.990. The van der Waals surface area contributed by atoms with Gasteiger partial charge in [-0.3, -0.25) is 0 Å². The molecule has 7 nitrogen and oxygen atoms in total. The van der Waals surface area contributed by atoms with E-state index in [2.05, 4.69) is 6.92 Å². The lowest BCUT2D eigenvalue weighted by Crippen LogP contribution is -2.27. The van der Waals surface area contributed by atoms with Crippen molar-refractivity contribution in [1.82, 2.24) is 0 Å². The number of esters is 1. The van der Waals surface area contributed by atoms with E-state index in [4.69, 9.17) is 9.47 Å². The second-order valence-electron chi connectivity index (χ2n) is 13.1. The molecule has 0 amide bonds. The van der Waals surface area contributed by atoms with Gasteiger partial charge in [0.1, 0.15) is 6.10 Å². The predicted octanol–water partition coefficient (Wildman–Crippen LogP) is 7.06. The zero-order valence-electron chi connectivity index (χ0n) is 26.9. The van der Waals surface area contributed by atoms with E-state index < -0.39 is 24.4 Å². The van der Waals surface area contributed by atoms with E-state index in [0.29, 0.717) is 37.7 Å². The number of cyclic esters (lactones) is 1. The quantitative estimate of drug-likeness (QED) is 0.0624. The maximum atomic E-state index is 11.7. The van der Waals surface area contributed by atoms with Gasteiger partial charge in [-0.2, -0.15) is 0 Å². The molecule has 0 saturated carbocycles. The fraction of sp³-hybridized carbons (Fsp3) is 0.914. The fourth-order valence-corrected chi connectivity index (χ4v) is 6.41. The molecule has 7 heteroatoms. The van der Waals surface area contributed by atoms with Gasteiger partial charge in [-0.05, 0) is 57.9 Å². The first-order valence-electron chi connectivity index (χ1n) is 17.6. The molecule has 42 heavy (non-hydrogen) atoms. The third-order valence-electron chi connectivity index (χ3n) is 9.13. The van der Waals surface area contributed by atoms with Crippen LogP contribution in [-0.2, 0) is 14.3 Å². The monoisotopic (exact) mass is 596 g/mol. The van der Waals surface area contributed by atoms with Crippen molar-refractivity contribution in [2.45, 2.75) is 204 Å². The lowest BCUT2D eigenvalue weighted by molar-refractivity contribution is -0.139. The van der Waals surface area contributed by atoms with Crippen molar-refractivity contribution < 1.29 is 34.7 Å². The van der Waals surface area contributed by atoms with Crippen LogP contribution < -0.4 is 0 Å². The van der Waals surface area contributed by atoms with Gasteiger partial charge in [0.15, 0.2) is 0 Å². The van der Waals surface area contributed by atoms with Crippen molar-refractivity contribution in [2.24, 2.45) is 0 Å². The standard InChI is InChI=1S/C35H64O7/c1-3-4-5-6-7-8-12-15-20-31(37)32(38)21-16-17-22-33(39)34-24-23-30(42-34)19-14-11-9-10-13-18-29(36)26-28-25-27(2)41-35(28)40/h25,27,29-34,36-39H,3-24,26H2,1-2H3/t27-,29-,30-,31+,32-,33-,34+/m0/s1. The first-order chi connectivity index (χ1) is 20.3. The van der Waals surface area contributed by atoms with E-state index in [-0.39, 0.29) is 24.3 Å². The molecule has 0 aromatic carbocycles. The maximum Gasteiger partial charge on any atom is 0.334 e. The molecule has 0 bridgehead atoms. The van der Waals surface area contributed by atoms with Crippen LogP contribution in [0.3, 0.4) is 0 Å². The molecule has 246 valence electrons. The molecule has 2 aliphatic rings. The molecular weight excluding hydrogens is 532 g/mol. The first kappa shape index (κ1) is 37.2. The van der Waals surface area contributed by atoms with Crippen molar-refractivity contribution in [3.63, 3.8) is 0 Å². The Morgan fingerprint density at radius 1 is 0.738 bits per heavy atom. The average Bonchev–Trinajstić information content (AvgIpc) is 3.56. The van der Waals surface area contributed by atoms with Crippen molar-refractivity contribution in [3.05, 3.63) is 11.6 Å². The number of ether oxygens (including phenoxy) is 2. The molecule has 2 rings (SSSR count). The minimum Gasteiger partial charge on any atom is -0.455 e. The molecule has 4 N–H and O–H groups in total. The summed E-state index contributed by atoms with van der Waals surface area (Å²) in [6.07, 6.45) is 22.5. The Morgan fingerprint density at radius 2 is 1.29 bits per heavy atom. The van der Waals surface area contributed by atoms with Crippen LogP contribution in [0.4, 0.5) is 0 Å². The molecule has 0 aliphatic carbocycles. The van der Waals surface area contributed by atoms with E-state index in [1.54, 1.807) is 6.08 Å². The lowest BCUT2D eigenvalue weighted by Gasteiger charge is -2.20. The molecule has 2 aliphatic heterocycles. The van der Waals surface area contributed by atoms with Crippen molar-refractivity contribution in [2.75, 3.05) is 0 Å². The van der Waals surface area contributed by atoms with Crippen LogP contribution in [0.5, 0.6) is 0 Å². The van der Waals surface area contributed by atoms with E-state index in [1.165, 1.54) is 38.5 Å². The van der Waals surface area contributed by atoms with Crippen LogP contribution in [0.25, 0.3) is 0 Å². The minimum atomic E-state index is -0.664. The molecule has 0 aromatic heterocycles. The van der Waals surface area contributed by atoms with Crippen LogP contribution in [-0.4, -0.2) is 69.1 Å². The third-order valence-corrected chi connectivity index (χ3v) is 9.13. The summed E-state index contributed by atoms with van der Waals surface area (Å²) >= 11 is 0. The van der Waals surface area contributed by atoms with Crippen LogP contribution in [0, 0.1) is 0 Å². The number of unbranched alkanes of at least 4 members (excludes halogenated alkanes) is 12. The number of carbonyl (C=O) groups excluding carboxylic acids is 1. The molecule has 1 saturated heterocycles. The summed E-state index contributed by atoms with van der Waals surface area (Å²) in [5.41, 5.74) is 0.605. The molecule has 7 atom stereocenters. The molecule has 0 spiro atoms. The fourth-order valence-electron chi connectivity index (χ4n) is 6.41. The molecule has 2 heterocycles. The summed E-state index contributed by atoms with van der Waals surface area (Å²) in [5.74, 6) is -0.291. The SMILES string of the molecule is CCCCCCCCCC[C@@H](O)[C@@H](O)CCCC[C@H](O)[C@H]1CC[C@H](CCCCCCC[C@H](O)CC2=C[C@H](C)OC2=O)O1. The summed E-state index contributed by atoms with van der Waals surface area (Å²) in [5, 5.41) is 41.4. The van der Waals surface area contributed by atoms with Crippen LogP contribution >= 0.6 is 0 Å². The Balaban J connectivity index is 1.41. The molecule has 0 unspecified atom stereocenters. The molecule has 1 fully saturated rings. The number of aliphatic hydroxyl groups is 4. The summed E-state index contributed by atoms with van der Waals surface area (Å²) in [6.45, 7) is 4.06. The highest BCUT2D eigenvalue weighted by Crippen LogP contribution is 2.28. The van der Waals surface area contributed by atoms with Gasteiger partial charge in [-0.1, -0.05) is 103 Å². The Morgan fingerprint density at radius 3 is 1.90 bits per heavy atom. The van der Waals surface area contributed by atoms with E-state index in [9.17, 15) is 25.2 Å². The highest BCUT2D eigenvalue weighted by Gasteiger charge is 2.30. The smallest absolute Gasteiger partial charge is 0.334 e. The molecule has 0 aromatic rings. The minimum absolute atomic E-state index is 0.0794. The number of carbonyl (C=O) groups is 1. The summed E-state index contributed by atoms with van der Waals surface area (Å²) in [7, 11) is 0. The summed E-state index contributed by atoms with van der Waals surface area (Å²) < 4.78 is 11.2. The van der Waals surface area contributed by atoms with Crippen LogP contribution in [0.1, 0.15) is 162 Å². The Bertz CT molecular complexity index is 726. The van der Waals surface area contributed by atoms with Crippen molar-refractivity contribution >= 4 is 5.97 Å². The highest BCUT2D eigenvalue weighted by molar-refractivity contribution is 5.90. The van der Waals surface area contributed by atoms with Crippen molar-refractivity contribution in [3.8, 4) is 0 Å². The Kier molecular flexibility index (Phi) is 19.9. The summed E-state index contributed by atoms with van der Waals surface area (Å²) in [6, 6.07) is 0.